The van der Waals surface area contributed by atoms with E-state index in [-0.39, 0.29) is 0 Å². The molecule has 0 radical (unpaired) electrons. The van der Waals surface area contributed by atoms with Gasteiger partial charge in [0.2, 0.25) is 0 Å². The first-order valence-corrected chi connectivity index (χ1v) is 8.26. The van der Waals surface area contributed by atoms with Crippen molar-refractivity contribution < 1.29 is 0 Å². The van der Waals surface area contributed by atoms with Gasteiger partial charge in [-0.25, -0.2) is 0 Å². The zero-order chi connectivity index (χ0) is 15.4. The van der Waals surface area contributed by atoms with E-state index in [4.69, 9.17) is 10.4 Å². The van der Waals surface area contributed by atoms with E-state index >= 15 is 0 Å². The minimum absolute atomic E-state index is 0.400. The van der Waals surface area contributed by atoms with Crippen molar-refractivity contribution in [2.45, 2.75) is 57.9 Å². The molecule has 0 fully saturated rings. The third kappa shape index (κ3) is 3.06. The van der Waals surface area contributed by atoms with E-state index in [1.54, 1.807) is 0 Å². The Kier molecular flexibility index (Phi) is 4.58. The first-order valence-electron chi connectivity index (χ1n) is 8.26. The molecule has 0 aliphatic heterocycles. The minimum atomic E-state index is 0.400. The summed E-state index contributed by atoms with van der Waals surface area (Å²) in [5, 5.41) is 13.8. The molecule has 0 saturated carbocycles. The van der Waals surface area contributed by atoms with Crippen molar-refractivity contribution in [1.82, 2.24) is 9.78 Å². The molecule has 3 nitrogen and oxygen atoms in total. The highest BCUT2D eigenvalue weighted by molar-refractivity contribution is 5.32. The number of aromatic nitrogens is 2. The average Bonchev–Trinajstić information content (AvgIpc) is 2.86. The lowest BCUT2D eigenvalue weighted by Crippen LogP contribution is -2.13. The van der Waals surface area contributed by atoms with Gasteiger partial charge in [0.1, 0.15) is 0 Å². The summed E-state index contributed by atoms with van der Waals surface area (Å²) in [5.74, 6) is 0.400. The van der Waals surface area contributed by atoms with E-state index < -0.39 is 0 Å². The number of nitriles is 1. The predicted octanol–water partition coefficient (Wildman–Crippen LogP) is 4.16. The SMILES string of the molecule is Cc1nn(CCCc2ccccc2)c2c1C(CC#N)CCC2. The highest BCUT2D eigenvalue weighted by Crippen LogP contribution is 2.35. The lowest BCUT2D eigenvalue weighted by atomic mass is 9.83. The van der Waals surface area contributed by atoms with Crippen LogP contribution in [0, 0.1) is 18.3 Å². The highest BCUT2D eigenvalue weighted by Gasteiger charge is 2.26. The summed E-state index contributed by atoms with van der Waals surface area (Å²) in [6.07, 6.45) is 6.27. The molecule has 22 heavy (non-hydrogen) atoms. The van der Waals surface area contributed by atoms with Crippen LogP contribution in [0.1, 0.15) is 54.1 Å². The number of benzene rings is 1. The van der Waals surface area contributed by atoms with Gasteiger partial charge in [-0.1, -0.05) is 30.3 Å². The van der Waals surface area contributed by atoms with Gasteiger partial charge >= 0.3 is 0 Å². The van der Waals surface area contributed by atoms with E-state index in [2.05, 4.69) is 48.0 Å². The van der Waals surface area contributed by atoms with E-state index in [0.29, 0.717) is 12.3 Å². The lowest BCUT2D eigenvalue weighted by molar-refractivity contribution is 0.506. The van der Waals surface area contributed by atoms with Gasteiger partial charge in [0.15, 0.2) is 0 Å². The maximum atomic E-state index is 9.03. The molecule has 1 aromatic carbocycles. The van der Waals surface area contributed by atoms with Crippen LogP contribution < -0.4 is 0 Å². The van der Waals surface area contributed by atoms with Crippen LogP contribution in [0.15, 0.2) is 30.3 Å². The Morgan fingerprint density at radius 2 is 2.14 bits per heavy atom. The van der Waals surface area contributed by atoms with Gasteiger partial charge in [-0.15, -0.1) is 0 Å². The Bertz CT molecular complexity index is 664. The van der Waals surface area contributed by atoms with E-state index in [1.165, 1.54) is 23.2 Å². The molecular weight excluding hydrogens is 270 g/mol. The second-order valence-electron chi connectivity index (χ2n) is 6.21. The van der Waals surface area contributed by atoms with Gasteiger partial charge in [-0.2, -0.15) is 10.4 Å². The summed E-state index contributed by atoms with van der Waals surface area (Å²) >= 11 is 0. The number of aryl methyl sites for hydroxylation is 3. The normalized spacial score (nSPS) is 17.0. The third-order valence-corrected chi connectivity index (χ3v) is 4.67. The van der Waals surface area contributed by atoms with Gasteiger partial charge < -0.3 is 0 Å². The maximum Gasteiger partial charge on any atom is 0.0631 e. The molecule has 0 N–H and O–H groups in total. The Balaban J connectivity index is 1.70. The van der Waals surface area contributed by atoms with Gasteiger partial charge in [0, 0.05) is 30.1 Å². The first-order chi connectivity index (χ1) is 10.8. The summed E-state index contributed by atoms with van der Waals surface area (Å²) in [4.78, 5) is 0. The van der Waals surface area contributed by atoms with E-state index in [1.807, 2.05) is 0 Å². The molecule has 1 atom stereocenters. The largest absolute Gasteiger partial charge is 0.269 e. The molecule has 1 aliphatic rings. The fourth-order valence-corrected chi connectivity index (χ4v) is 3.68. The van der Waals surface area contributed by atoms with Crippen LogP contribution >= 0.6 is 0 Å². The summed E-state index contributed by atoms with van der Waals surface area (Å²) in [6, 6.07) is 13.0. The van der Waals surface area contributed by atoms with Crippen LogP contribution in [0.4, 0.5) is 0 Å². The fourth-order valence-electron chi connectivity index (χ4n) is 3.68. The minimum Gasteiger partial charge on any atom is -0.269 e. The molecular formula is C19H23N3. The Morgan fingerprint density at radius 1 is 1.32 bits per heavy atom. The quantitative estimate of drug-likeness (QED) is 0.830. The van der Waals surface area contributed by atoms with E-state index in [0.717, 1.165) is 37.9 Å². The van der Waals surface area contributed by atoms with Gasteiger partial charge in [-0.3, -0.25) is 4.68 Å². The zero-order valence-electron chi connectivity index (χ0n) is 13.3. The van der Waals surface area contributed by atoms with Crippen LogP contribution in [0.25, 0.3) is 0 Å². The molecule has 0 saturated heterocycles. The number of hydrogen-bond donors (Lipinski definition) is 0. The molecule has 3 rings (SSSR count). The summed E-state index contributed by atoms with van der Waals surface area (Å²) in [5.41, 5.74) is 5.28. The van der Waals surface area contributed by atoms with E-state index in [9.17, 15) is 0 Å². The van der Waals surface area contributed by atoms with Crippen LogP contribution in [0.2, 0.25) is 0 Å². The molecule has 114 valence electrons. The summed E-state index contributed by atoms with van der Waals surface area (Å²) < 4.78 is 2.21. The monoisotopic (exact) mass is 293 g/mol. The molecule has 1 unspecified atom stereocenters. The van der Waals surface area contributed by atoms with Crippen LogP contribution in [0.3, 0.4) is 0 Å². The second-order valence-corrected chi connectivity index (χ2v) is 6.21. The molecule has 2 aromatic rings. The van der Waals surface area contributed by atoms with Crippen molar-refractivity contribution >= 4 is 0 Å². The molecule has 0 spiro atoms. The molecule has 0 amide bonds. The van der Waals surface area contributed by atoms with Crippen molar-refractivity contribution in [3.63, 3.8) is 0 Å². The first kappa shape index (κ1) is 14.8. The van der Waals surface area contributed by atoms with Crippen molar-refractivity contribution in [2.75, 3.05) is 0 Å². The topological polar surface area (TPSA) is 41.6 Å². The van der Waals surface area contributed by atoms with Crippen LogP contribution in [0.5, 0.6) is 0 Å². The van der Waals surface area contributed by atoms with Crippen molar-refractivity contribution in [1.29, 1.82) is 5.26 Å². The average molecular weight is 293 g/mol. The van der Waals surface area contributed by atoms with Gasteiger partial charge in [-0.05, 0) is 44.6 Å². The zero-order valence-corrected chi connectivity index (χ0v) is 13.3. The van der Waals surface area contributed by atoms with Gasteiger partial charge in [0.05, 0.1) is 11.8 Å². The Labute approximate surface area is 132 Å². The van der Waals surface area contributed by atoms with Crippen LogP contribution in [-0.2, 0) is 19.4 Å². The number of rotatable bonds is 5. The maximum absolute atomic E-state index is 9.03. The smallest absolute Gasteiger partial charge is 0.0631 e. The van der Waals surface area contributed by atoms with Crippen molar-refractivity contribution in [3.8, 4) is 6.07 Å². The molecule has 1 aromatic heterocycles. The third-order valence-electron chi connectivity index (χ3n) is 4.67. The van der Waals surface area contributed by atoms with Gasteiger partial charge in [0.25, 0.3) is 0 Å². The molecule has 0 bridgehead atoms. The standard InChI is InChI=1S/C19H23N3/c1-15-19-17(12-13-20)10-5-11-18(19)22(21-15)14-6-9-16-7-3-2-4-8-16/h2-4,7-8,17H,5-6,9-12,14H2,1H3. The van der Waals surface area contributed by atoms with Crippen molar-refractivity contribution in [2.24, 2.45) is 0 Å². The summed E-state index contributed by atoms with van der Waals surface area (Å²) in [7, 11) is 0. The number of nitrogens with zero attached hydrogens (tertiary/aromatic N) is 3. The lowest BCUT2D eigenvalue weighted by Gasteiger charge is -2.21. The summed E-state index contributed by atoms with van der Waals surface area (Å²) in [6.45, 7) is 3.08. The van der Waals surface area contributed by atoms with Crippen molar-refractivity contribution in [3.05, 3.63) is 52.8 Å². The Morgan fingerprint density at radius 3 is 2.91 bits per heavy atom. The number of hydrogen-bond acceptors (Lipinski definition) is 2. The molecule has 3 heteroatoms. The Hall–Kier alpha value is -2.08. The number of fused-ring (bicyclic) bond motifs is 1. The molecule has 1 aliphatic carbocycles. The highest BCUT2D eigenvalue weighted by atomic mass is 15.3. The fraction of sp³-hybridized carbons (Fsp3) is 0.474. The van der Waals surface area contributed by atoms with Crippen LogP contribution in [-0.4, -0.2) is 9.78 Å². The predicted molar refractivity (Wildman–Crippen MR) is 87.6 cm³/mol. The second kappa shape index (κ2) is 6.79. The molecule has 1 heterocycles.